The topological polar surface area (TPSA) is 174 Å². The molecule has 0 atom stereocenters. The molecule has 1 aromatic carbocycles. The van der Waals surface area contributed by atoms with Gasteiger partial charge in [-0.05, 0) is 37.6 Å². The number of aryl methyl sites for hydroxylation is 1. The molecule has 0 spiro atoms. The molecule has 0 aliphatic rings. The first-order chi connectivity index (χ1) is 16.3. The lowest BCUT2D eigenvalue weighted by molar-refractivity contribution is 0.262. The molecule has 178 valence electrons. The molecule has 0 saturated heterocycles. The van der Waals surface area contributed by atoms with Gasteiger partial charge in [0, 0.05) is 31.0 Å². The van der Waals surface area contributed by atoms with Gasteiger partial charge >= 0.3 is 6.03 Å². The van der Waals surface area contributed by atoms with E-state index in [1.807, 2.05) is 0 Å². The molecule has 0 aliphatic heterocycles. The number of carbonyl (C=O) groups excluding carboxylic acids is 1. The molecule has 11 nitrogen and oxygen atoms in total. The summed E-state index contributed by atoms with van der Waals surface area (Å²) in [7, 11) is 0. The minimum atomic E-state index is -0.740. The van der Waals surface area contributed by atoms with Crippen molar-refractivity contribution in [2.75, 3.05) is 23.7 Å². The number of halogens is 1. The van der Waals surface area contributed by atoms with Gasteiger partial charge in [-0.3, -0.25) is 20.5 Å². The Bertz CT molecular complexity index is 1210. The first kappa shape index (κ1) is 24.3. The van der Waals surface area contributed by atoms with Crippen LogP contribution in [0.4, 0.5) is 20.8 Å². The van der Waals surface area contributed by atoms with Gasteiger partial charge in [0.25, 0.3) is 5.56 Å². The monoisotopic (exact) mass is 467 g/mol. The molecule has 0 saturated carbocycles. The zero-order valence-electron chi connectivity index (χ0n) is 18.5. The molecule has 0 unspecified atom stereocenters. The summed E-state index contributed by atoms with van der Waals surface area (Å²) in [6.07, 6.45) is 3.80. The third-order valence-corrected chi connectivity index (χ3v) is 4.76. The summed E-state index contributed by atoms with van der Waals surface area (Å²) >= 11 is 0. The van der Waals surface area contributed by atoms with Crippen LogP contribution in [0, 0.1) is 18.2 Å². The van der Waals surface area contributed by atoms with Crippen molar-refractivity contribution in [3.63, 3.8) is 0 Å². The predicted octanol–water partition coefficient (Wildman–Crippen LogP) is 1.89. The Morgan fingerprint density at radius 3 is 2.74 bits per heavy atom. The van der Waals surface area contributed by atoms with E-state index < -0.39 is 17.4 Å². The minimum Gasteiger partial charge on any atom is -0.370 e. The molecular weight excluding hydrogens is 441 g/mol. The first-order valence-corrected chi connectivity index (χ1v) is 10.5. The summed E-state index contributed by atoms with van der Waals surface area (Å²) in [4.78, 5) is 35.5. The number of urea groups is 1. The van der Waals surface area contributed by atoms with E-state index in [0.29, 0.717) is 24.2 Å². The highest BCUT2D eigenvalue weighted by Crippen LogP contribution is 2.17. The van der Waals surface area contributed by atoms with Crippen molar-refractivity contribution < 1.29 is 9.18 Å². The van der Waals surface area contributed by atoms with E-state index in [9.17, 15) is 14.0 Å². The van der Waals surface area contributed by atoms with Crippen LogP contribution < -0.4 is 32.6 Å². The zero-order valence-corrected chi connectivity index (χ0v) is 18.5. The standard InChI is InChI=1S/C22H26FN9O2/c1-13-4-2-5-17(18(13)23)30-22(34)32-21-29-12-16(19(33)31-21)14-6-7-15(28-10-14)11-26-8-3-9-27-20(24)25/h2,4-7,10,12,26H,3,8-9,11H2,1H3,(H4,24,25,27)(H3,29,30,31,32,33,34). The Hall–Kier alpha value is -4.32. The molecule has 0 bridgehead atoms. The van der Waals surface area contributed by atoms with Gasteiger partial charge in [0.05, 0.1) is 16.9 Å². The van der Waals surface area contributed by atoms with Crippen LogP contribution >= 0.6 is 0 Å². The van der Waals surface area contributed by atoms with Crippen LogP contribution in [0.25, 0.3) is 11.1 Å². The zero-order chi connectivity index (χ0) is 24.5. The SMILES string of the molecule is Cc1cccc(NC(=O)Nc2nc(=O)c(-c3ccc(CNCCCNC(=N)N)nc3)c[nH]2)c1F. The second-order valence-corrected chi connectivity index (χ2v) is 7.39. The van der Waals surface area contributed by atoms with Crippen molar-refractivity contribution in [1.82, 2.24) is 25.6 Å². The number of nitrogens with zero attached hydrogens (tertiary/aromatic N) is 2. The smallest absolute Gasteiger partial charge is 0.326 e. The van der Waals surface area contributed by atoms with Gasteiger partial charge in [-0.15, -0.1) is 0 Å². The van der Waals surface area contributed by atoms with Gasteiger partial charge in [-0.2, -0.15) is 4.98 Å². The van der Waals surface area contributed by atoms with E-state index in [-0.39, 0.29) is 23.2 Å². The van der Waals surface area contributed by atoms with Gasteiger partial charge in [0.2, 0.25) is 5.95 Å². The molecule has 2 aromatic heterocycles. The average molecular weight is 468 g/mol. The third-order valence-electron chi connectivity index (χ3n) is 4.76. The van der Waals surface area contributed by atoms with Crippen molar-refractivity contribution in [2.24, 2.45) is 5.73 Å². The molecule has 2 heterocycles. The fourth-order valence-corrected chi connectivity index (χ4v) is 3.01. The lowest BCUT2D eigenvalue weighted by atomic mass is 10.1. The number of amides is 2. The van der Waals surface area contributed by atoms with Crippen LogP contribution in [-0.2, 0) is 6.54 Å². The Morgan fingerprint density at radius 2 is 2.03 bits per heavy atom. The van der Waals surface area contributed by atoms with Crippen LogP contribution in [0.15, 0.2) is 47.5 Å². The van der Waals surface area contributed by atoms with E-state index >= 15 is 0 Å². The summed E-state index contributed by atoms with van der Waals surface area (Å²) in [6, 6.07) is 7.45. The molecule has 8 N–H and O–H groups in total. The largest absolute Gasteiger partial charge is 0.370 e. The first-order valence-electron chi connectivity index (χ1n) is 10.5. The van der Waals surface area contributed by atoms with Crippen LogP contribution in [0.3, 0.4) is 0 Å². The number of hydrogen-bond donors (Lipinski definition) is 7. The lowest BCUT2D eigenvalue weighted by Gasteiger charge is -2.09. The van der Waals surface area contributed by atoms with E-state index in [0.717, 1.165) is 18.7 Å². The maximum Gasteiger partial charge on any atom is 0.326 e. The molecule has 0 fully saturated rings. The highest BCUT2D eigenvalue weighted by atomic mass is 19.1. The predicted molar refractivity (Wildman–Crippen MR) is 128 cm³/mol. The van der Waals surface area contributed by atoms with Gasteiger partial charge in [-0.1, -0.05) is 18.2 Å². The van der Waals surface area contributed by atoms with E-state index in [4.69, 9.17) is 11.1 Å². The molecule has 0 radical (unpaired) electrons. The van der Waals surface area contributed by atoms with Gasteiger partial charge in [-0.25, -0.2) is 9.18 Å². The third kappa shape index (κ3) is 6.84. The molecule has 0 aliphatic carbocycles. The number of rotatable bonds is 9. The molecule has 3 aromatic rings. The molecule has 12 heteroatoms. The van der Waals surface area contributed by atoms with E-state index in [1.54, 1.807) is 37.4 Å². The van der Waals surface area contributed by atoms with Crippen LogP contribution in [0.5, 0.6) is 0 Å². The number of H-pyrrole nitrogens is 1. The summed E-state index contributed by atoms with van der Waals surface area (Å²) < 4.78 is 14.0. The lowest BCUT2D eigenvalue weighted by Crippen LogP contribution is -2.32. The maximum absolute atomic E-state index is 14.0. The molecule has 3 rings (SSSR count). The van der Waals surface area contributed by atoms with E-state index in [2.05, 4.69) is 36.2 Å². The highest BCUT2D eigenvalue weighted by Gasteiger charge is 2.11. The van der Waals surface area contributed by atoms with Crippen LogP contribution in [0.2, 0.25) is 0 Å². The van der Waals surface area contributed by atoms with Crippen molar-refractivity contribution in [2.45, 2.75) is 19.9 Å². The van der Waals surface area contributed by atoms with E-state index in [1.165, 1.54) is 12.3 Å². The number of benzene rings is 1. The second-order valence-electron chi connectivity index (χ2n) is 7.39. The van der Waals surface area contributed by atoms with Gasteiger partial charge in [0.15, 0.2) is 5.96 Å². The fraction of sp³-hybridized carbons (Fsp3) is 0.227. The van der Waals surface area contributed by atoms with Crippen molar-refractivity contribution in [3.05, 3.63) is 70.2 Å². The second kappa shape index (κ2) is 11.5. The number of carbonyl (C=O) groups is 1. The molecular formula is C22H26FN9O2. The molecule has 34 heavy (non-hydrogen) atoms. The Morgan fingerprint density at radius 1 is 1.21 bits per heavy atom. The number of nitrogens with one attached hydrogen (secondary N) is 6. The number of guanidine groups is 1. The van der Waals surface area contributed by atoms with Crippen molar-refractivity contribution in [3.8, 4) is 11.1 Å². The van der Waals surface area contributed by atoms with Gasteiger partial charge in [0.1, 0.15) is 5.82 Å². The molecule has 2 amide bonds. The Balaban J connectivity index is 1.55. The van der Waals surface area contributed by atoms with Crippen molar-refractivity contribution in [1.29, 1.82) is 5.41 Å². The maximum atomic E-state index is 14.0. The number of anilines is 2. The summed E-state index contributed by atoms with van der Waals surface area (Å²) in [5, 5.41) is 17.8. The number of pyridine rings is 1. The summed E-state index contributed by atoms with van der Waals surface area (Å²) in [6.45, 7) is 3.48. The van der Waals surface area contributed by atoms with Gasteiger partial charge < -0.3 is 26.7 Å². The Kier molecular flexibility index (Phi) is 8.24. The number of hydrogen-bond acceptors (Lipinski definition) is 6. The fourth-order valence-electron chi connectivity index (χ4n) is 3.01. The highest BCUT2D eigenvalue weighted by molar-refractivity contribution is 5.98. The minimum absolute atomic E-state index is 0.0184. The summed E-state index contributed by atoms with van der Waals surface area (Å²) in [5.74, 6) is -0.663. The average Bonchev–Trinajstić information content (AvgIpc) is 2.80. The Labute approximate surface area is 194 Å². The van der Waals surface area contributed by atoms with Crippen LogP contribution in [0.1, 0.15) is 17.7 Å². The quantitative estimate of drug-likeness (QED) is 0.143. The number of aromatic amines is 1. The van der Waals surface area contributed by atoms with Crippen LogP contribution in [-0.4, -0.2) is 40.0 Å². The normalized spacial score (nSPS) is 10.5. The summed E-state index contributed by atoms with van der Waals surface area (Å²) in [5.41, 5.74) is 6.73. The van der Waals surface area contributed by atoms with Crippen molar-refractivity contribution >= 4 is 23.6 Å². The number of aromatic nitrogens is 3. The number of nitrogens with two attached hydrogens (primary N) is 1.